The van der Waals surface area contributed by atoms with E-state index in [4.69, 9.17) is 9.47 Å². The van der Waals surface area contributed by atoms with Gasteiger partial charge in [0, 0.05) is 24.1 Å². The van der Waals surface area contributed by atoms with Gasteiger partial charge < -0.3 is 14.8 Å². The Labute approximate surface area is 110 Å². The Bertz CT molecular complexity index is 407. The van der Waals surface area contributed by atoms with Crippen molar-refractivity contribution in [1.29, 1.82) is 0 Å². The number of halogens is 3. The van der Waals surface area contributed by atoms with Crippen molar-refractivity contribution in [3.8, 4) is 11.5 Å². The van der Waals surface area contributed by atoms with E-state index in [1.165, 1.54) is 14.2 Å². The normalized spacial score (nSPS) is 13.2. The topological polar surface area (TPSA) is 30.5 Å². The minimum atomic E-state index is -4.16. The summed E-state index contributed by atoms with van der Waals surface area (Å²) in [6.07, 6.45) is -5.04. The third-order valence-electron chi connectivity index (χ3n) is 2.88. The predicted molar refractivity (Wildman–Crippen MR) is 66.6 cm³/mol. The molecule has 0 spiro atoms. The van der Waals surface area contributed by atoms with E-state index in [0.717, 1.165) is 0 Å². The maximum absolute atomic E-state index is 12.3. The second-order valence-electron chi connectivity index (χ2n) is 4.10. The molecule has 1 N–H and O–H groups in total. The summed E-state index contributed by atoms with van der Waals surface area (Å²) in [6, 6.07) is 4.67. The molecule has 0 heterocycles. The molecule has 1 aromatic rings. The monoisotopic (exact) mass is 277 g/mol. The van der Waals surface area contributed by atoms with E-state index in [1.807, 2.05) is 0 Å². The number of hydrogen-bond donors (Lipinski definition) is 1. The van der Waals surface area contributed by atoms with Crippen LogP contribution in [-0.4, -0.2) is 27.4 Å². The van der Waals surface area contributed by atoms with Crippen molar-refractivity contribution < 1.29 is 22.6 Å². The molecule has 108 valence electrons. The number of alkyl halides is 3. The Morgan fingerprint density at radius 3 is 2.37 bits per heavy atom. The summed E-state index contributed by atoms with van der Waals surface area (Å²) in [7, 11) is 4.63. The summed E-state index contributed by atoms with van der Waals surface area (Å²) in [5.41, 5.74) is 0.690. The van der Waals surface area contributed by atoms with E-state index < -0.39 is 18.6 Å². The molecule has 0 saturated heterocycles. The lowest BCUT2D eigenvalue weighted by molar-refractivity contribution is -0.136. The van der Waals surface area contributed by atoms with Gasteiger partial charge in [-0.3, -0.25) is 0 Å². The molecule has 0 aliphatic carbocycles. The van der Waals surface area contributed by atoms with Crippen LogP contribution in [0.2, 0.25) is 0 Å². The van der Waals surface area contributed by atoms with Gasteiger partial charge in [0.2, 0.25) is 0 Å². The molecule has 6 heteroatoms. The molecular formula is C13H18F3NO2. The second kappa shape index (κ2) is 6.65. The Hall–Kier alpha value is -1.43. The van der Waals surface area contributed by atoms with Crippen LogP contribution in [0.25, 0.3) is 0 Å². The smallest absolute Gasteiger partial charge is 0.389 e. The molecule has 0 fully saturated rings. The Morgan fingerprint density at radius 2 is 1.89 bits per heavy atom. The standard InChI is InChI=1S/C13H18F3NO2/c1-17-11(6-7-13(14,15)16)10-5-4-9(18-2)8-12(10)19-3/h4-5,8,11,17H,6-7H2,1-3H3. The molecule has 0 saturated carbocycles. The molecular weight excluding hydrogens is 259 g/mol. The number of rotatable bonds is 6. The average Bonchev–Trinajstić information content (AvgIpc) is 2.38. The first-order valence-corrected chi connectivity index (χ1v) is 5.87. The molecule has 0 aliphatic heterocycles. The van der Waals surface area contributed by atoms with Gasteiger partial charge in [0.25, 0.3) is 0 Å². The molecule has 0 bridgehead atoms. The van der Waals surface area contributed by atoms with Crippen LogP contribution in [0, 0.1) is 0 Å². The maximum atomic E-state index is 12.3. The minimum absolute atomic E-state index is 0.0390. The van der Waals surface area contributed by atoms with Crippen LogP contribution in [0.4, 0.5) is 13.2 Å². The average molecular weight is 277 g/mol. The first-order valence-electron chi connectivity index (χ1n) is 5.87. The van der Waals surface area contributed by atoms with Crippen LogP contribution in [-0.2, 0) is 0 Å². The fourth-order valence-corrected chi connectivity index (χ4v) is 1.87. The Balaban J connectivity index is 2.91. The Morgan fingerprint density at radius 1 is 1.21 bits per heavy atom. The molecule has 0 radical (unpaired) electrons. The van der Waals surface area contributed by atoms with Crippen LogP contribution < -0.4 is 14.8 Å². The predicted octanol–water partition coefficient (Wildman–Crippen LogP) is 3.31. The summed E-state index contributed by atoms with van der Waals surface area (Å²) in [5.74, 6) is 1.12. The van der Waals surface area contributed by atoms with Crippen molar-refractivity contribution >= 4 is 0 Å². The van der Waals surface area contributed by atoms with E-state index in [2.05, 4.69) is 5.32 Å². The quantitative estimate of drug-likeness (QED) is 0.865. The molecule has 3 nitrogen and oxygen atoms in total. The highest BCUT2D eigenvalue weighted by atomic mass is 19.4. The number of hydrogen-bond acceptors (Lipinski definition) is 3. The number of ether oxygens (including phenoxy) is 2. The number of benzene rings is 1. The van der Waals surface area contributed by atoms with Crippen LogP contribution in [0.15, 0.2) is 18.2 Å². The molecule has 0 aromatic heterocycles. The van der Waals surface area contributed by atoms with Crippen LogP contribution in [0.3, 0.4) is 0 Å². The highest BCUT2D eigenvalue weighted by molar-refractivity contribution is 5.42. The van der Waals surface area contributed by atoms with Crippen molar-refractivity contribution in [2.45, 2.75) is 25.1 Å². The first-order chi connectivity index (χ1) is 8.91. The third kappa shape index (κ3) is 4.63. The molecule has 1 atom stereocenters. The van der Waals surface area contributed by atoms with E-state index in [0.29, 0.717) is 17.1 Å². The molecule has 1 aromatic carbocycles. The van der Waals surface area contributed by atoms with Gasteiger partial charge in [-0.05, 0) is 19.5 Å². The zero-order valence-corrected chi connectivity index (χ0v) is 11.2. The van der Waals surface area contributed by atoms with Gasteiger partial charge in [0.1, 0.15) is 11.5 Å². The summed E-state index contributed by atoms with van der Waals surface area (Å²) in [5, 5.41) is 2.88. The molecule has 1 rings (SSSR count). The van der Waals surface area contributed by atoms with Crippen LogP contribution in [0.5, 0.6) is 11.5 Å². The van der Waals surface area contributed by atoms with E-state index >= 15 is 0 Å². The second-order valence-corrected chi connectivity index (χ2v) is 4.10. The van der Waals surface area contributed by atoms with Crippen LogP contribution >= 0.6 is 0 Å². The lowest BCUT2D eigenvalue weighted by Crippen LogP contribution is -2.20. The summed E-state index contributed by atoms with van der Waals surface area (Å²) >= 11 is 0. The fraction of sp³-hybridized carbons (Fsp3) is 0.538. The lowest BCUT2D eigenvalue weighted by atomic mass is 10.0. The summed E-state index contributed by atoms with van der Waals surface area (Å²) in [4.78, 5) is 0. The van der Waals surface area contributed by atoms with Crippen molar-refractivity contribution in [1.82, 2.24) is 5.32 Å². The number of methoxy groups -OCH3 is 2. The minimum Gasteiger partial charge on any atom is -0.497 e. The lowest BCUT2D eigenvalue weighted by Gasteiger charge is -2.20. The van der Waals surface area contributed by atoms with E-state index in [-0.39, 0.29) is 6.42 Å². The highest BCUT2D eigenvalue weighted by Gasteiger charge is 2.29. The van der Waals surface area contributed by atoms with Gasteiger partial charge in [0.15, 0.2) is 0 Å². The van der Waals surface area contributed by atoms with Crippen molar-refractivity contribution in [2.24, 2.45) is 0 Å². The summed E-state index contributed by atoms with van der Waals surface area (Å²) in [6.45, 7) is 0. The molecule has 0 aliphatic rings. The van der Waals surface area contributed by atoms with Gasteiger partial charge in [-0.15, -0.1) is 0 Å². The van der Waals surface area contributed by atoms with Gasteiger partial charge >= 0.3 is 6.18 Å². The van der Waals surface area contributed by atoms with Crippen LogP contribution in [0.1, 0.15) is 24.4 Å². The van der Waals surface area contributed by atoms with E-state index in [1.54, 1.807) is 25.2 Å². The molecule has 1 unspecified atom stereocenters. The zero-order chi connectivity index (χ0) is 14.5. The number of nitrogens with one attached hydrogen (secondary N) is 1. The zero-order valence-electron chi connectivity index (χ0n) is 11.2. The van der Waals surface area contributed by atoms with Gasteiger partial charge in [0.05, 0.1) is 14.2 Å². The Kier molecular flexibility index (Phi) is 5.47. The van der Waals surface area contributed by atoms with Gasteiger partial charge in [-0.25, -0.2) is 0 Å². The summed E-state index contributed by atoms with van der Waals surface area (Å²) < 4.78 is 47.1. The molecule has 19 heavy (non-hydrogen) atoms. The largest absolute Gasteiger partial charge is 0.497 e. The fourth-order valence-electron chi connectivity index (χ4n) is 1.87. The van der Waals surface area contributed by atoms with Crippen molar-refractivity contribution in [3.63, 3.8) is 0 Å². The maximum Gasteiger partial charge on any atom is 0.389 e. The first kappa shape index (κ1) is 15.6. The van der Waals surface area contributed by atoms with Crippen molar-refractivity contribution in [2.75, 3.05) is 21.3 Å². The SMILES string of the molecule is CNC(CCC(F)(F)F)c1ccc(OC)cc1OC. The van der Waals surface area contributed by atoms with Gasteiger partial charge in [-0.2, -0.15) is 13.2 Å². The van der Waals surface area contributed by atoms with Crippen molar-refractivity contribution in [3.05, 3.63) is 23.8 Å². The van der Waals surface area contributed by atoms with Gasteiger partial charge in [-0.1, -0.05) is 6.07 Å². The highest BCUT2D eigenvalue weighted by Crippen LogP contribution is 2.33. The van der Waals surface area contributed by atoms with E-state index in [9.17, 15) is 13.2 Å². The molecule has 0 amide bonds. The third-order valence-corrected chi connectivity index (χ3v) is 2.88.